The fourth-order valence-corrected chi connectivity index (χ4v) is 1.94. The summed E-state index contributed by atoms with van der Waals surface area (Å²) in [7, 11) is 0. The summed E-state index contributed by atoms with van der Waals surface area (Å²) in [6.45, 7) is 6.35. The first-order valence-electron chi connectivity index (χ1n) is 5.50. The molecule has 1 heterocycles. The molecule has 16 heavy (non-hydrogen) atoms. The molecule has 0 saturated heterocycles. The van der Waals surface area contributed by atoms with Crippen molar-refractivity contribution in [1.29, 1.82) is 0 Å². The van der Waals surface area contributed by atoms with Gasteiger partial charge in [-0.05, 0) is 30.0 Å². The Morgan fingerprint density at radius 1 is 1.31 bits per heavy atom. The molecule has 0 saturated carbocycles. The van der Waals surface area contributed by atoms with Gasteiger partial charge in [0, 0.05) is 5.39 Å². The van der Waals surface area contributed by atoms with Crippen molar-refractivity contribution in [2.24, 2.45) is 5.84 Å². The fraction of sp³-hybridized carbons (Fsp3) is 0.308. The van der Waals surface area contributed by atoms with Gasteiger partial charge >= 0.3 is 0 Å². The van der Waals surface area contributed by atoms with Crippen LogP contribution < -0.4 is 11.3 Å². The molecule has 2 aromatic rings. The SMILES string of the molecule is Cc1cc2cccc(C(C)C)c2nc1NN. The van der Waals surface area contributed by atoms with Gasteiger partial charge in [0.05, 0.1) is 5.52 Å². The summed E-state index contributed by atoms with van der Waals surface area (Å²) in [5, 5.41) is 1.17. The number of aromatic nitrogens is 1. The van der Waals surface area contributed by atoms with Crippen LogP contribution >= 0.6 is 0 Å². The van der Waals surface area contributed by atoms with Crippen molar-refractivity contribution in [3.63, 3.8) is 0 Å². The average molecular weight is 215 g/mol. The van der Waals surface area contributed by atoms with Gasteiger partial charge in [-0.1, -0.05) is 32.0 Å². The Balaban J connectivity index is 2.76. The molecule has 0 fully saturated rings. The first-order chi connectivity index (χ1) is 7.63. The van der Waals surface area contributed by atoms with E-state index in [-0.39, 0.29) is 0 Å². The smallest absolute Gasteiger partial charge is 0.143 e. The molecule has 2 rings (SSSR count). The van der Waals surface area contributed by atoms with E-state index in [2.05, 4.69) is 48.5 Å². The molecule has 0 bridgehead atoms. The van der Waals surface area contributed by atoms with E-state index in [9.17, 15) is 0 Å². The lowest BCUT2D eigenvalue weighted by Crippen LogP contribution is -2.10. The Bertz CT molecular complexity index is 518. The number of hydrazine groups is 1. The Morgan fingerprint density at radius 2 is 2.06 bits per heavy atom. The van der Waals surface area contributed by atoms with Crippen LogP contribution in [0.5, 0.6) is 0 Å². The summed E-state index contributed by atoms with van der Waals surface area (Å²) >= 11 is 0. The summed E-state index contributed by atoms with van der Waals surface area (Å²) in [5.74, 6) is 6.67. The van der Waals surface area contributed by atoms with Gasteiger partial charge in [0.25, 0.3) is 0 Å². The zero-order valence-electron chi connectivity index (χ0n) is 9.91. The predicted molar refractivity (Wildman–Crippen MR) is 68.4 cm³/mol. The molecule has 0 aliphatic carbocycles. The maximum absolute atomic E-state index is 5.46. The van der Waals surface area contributed by atoms with Gasteiger partial charge in [-0.25, -0.2) is 10.8 Å². The molecule has 0 atom stereocenters. The largest absolute Gasteiger partial charge is 0.308 e. The molecule has 0 aliphatic heterocycles. The number of pyridine rings is 1. The molecule has 84 valence electrons. The van der Waals surface area contributed by atoms with E-state index in [1.807, 2.05) is 6.92 Å². The first-order valence-corrected chi connectivity index (χ1v) is 5.50. The number of benzene rings is 1. The highest BCUT2D eigenvalue weighted by atomic mass is 15.2. The van der Waals surface area contributed by atoms with Crippen molar-refractivity contribution in [1.82, 2.24) is 4.98 Å². The lowest BCUT2D eigenvalue weighted by Gasteiger charge is -2.12. The lowest BCUT2D eigenvalue weighted by atomic mass is 9.99. The summed E-state index contributed by atoms with van der Waals surface area (Å²) < 4.78 is 0. The predicted octanol–water partition coefficient (Wildman–Crippen LogP) is 2.95. The summed E-state index contributed by atoms with van der Waals surface area (Å²) in [4.78, 5) is 4.58. The van der Waals surface area contributed by atoms with Gasteiger partial charge < -0.3 is 5.43 Å². The van der Waals surface area contributed by atoms with Gasteiger partial charge in [0.15, 0.2) is 0 Å². The third-order valence-corrected chi connectivity index (χ3v) is 2.83. The number of para-hydroxylation sites is 1. The van der Waals surface area contributed by atoms with Gasteiger partial charge in [0.1, 0.15) is 5.82 Å². The van der Waals surface area contributed by atoms with Crippen LogP contribution in [0, 0.1) is 6.92 Å². The molecule has 3 heteroatoms. The standard InChI is InChI=1S/C13H17N3/c1-8(2)11-6-4-5-10-7-9(3)13(16-14)15-12(10)11/h4-8H,14H2,1-3H3,(H,15,16). The molecule has 3 nitrogen and oxygen atoms in total. The third-order valence-electron chi connectivity index (χ3n) is 2.83. The van der Waals surface area contributed by atoms with E-state index in [1.165, 1.54) is 10.9 Å². The van der Waals surface area contributed by atoms with E-state index in [4.69, 9.17) is 5.84 Å². The van der Waals surface area contributed by atoms with Crippen LogP contribution in [0.25, 0.3) is 10.9 Å². The second kappa shape index (κ2) is 4.10. The molecule has 0 amide bonds. The van der Waals surface area contributed by atoms with Gasteiger partial charge in [0.2, 0.25) is 0 Å². The topological polar surface area (TPSA) is 50.9 Å². The van der Waals surface area contributed by atoms with Crippen LogP contribution in [0.4, 0.5) is 5.82 Å². The number of nitrogens with two attached hydrogens (primary N) is 1. The fourth-order valence-electron chi connectivity index (χ4n) is 1.94. The van der Waals surface area contributed by atoms with Crippen LogP contribution in [0.2, 0.25) is 0 Å². The van der Waals surface area contributed by atoms with E-state index < -0.39 is 0 Å². The van der Waals surface area contributed by atoms with Crippen LogP contribution in [0.15, 0.2) is 24.3 Å². The molecule has 0 spiro atoms. The number of anilines is 1. The van der Waals surface area contributed by atoms with Crippen molar-refractivity contribution in [3.05, 3.63) is 35.4 Å². The number of hydrogen-bond donors (Lipinski definition) is 2. The zero-order chi connectivity index (χ0) is 11.7. The molecule has 1 aromatic heterocycles. The minimum atomic E-state index is 0.463. The molecule has 0 unspecified atom stereocenters. The lowest BCUT2D eigenvalue weighted by molar-refractivity contribution is 0.872. The quantitative estimate of drug-likeness (QED) is 0.598. The van der Waals surface area contributed by atoms with Crippen LogP contribution in [-0.2, 0) is 0 Å². The highest BCUT2D eigenvalue weighted by molar-refractivity contribution is 5.85. The molecule has 3 N–H and O–H groups in total. The van der Waals surface area contributed by atoms with Crippen molar-refractivity contribution in [2.45, 2.75) is 26.7 Å². The monoisotopic (exact) mass is 215 g/mol. The Hall–Kier alpha value is -1.61. The van der Waals surface area contributed by atoms with Crippen LogP contribution in [-0.4, -0.2) is 4.98 Å². The summed E-state index contributed by atoms with van der Waals surface area (Å²) in [6, 6.07) is 8.40. The zero-order valence-corrected chi connectivity index (χ0v) is 9.91. The van der Waals surface area contributed by atoms with E-state index in [0.29, 0.717) is 5.92 Å². The molecule has 0 radical (unpaired) electrons. The molecular weight excluding hydrogens is 198 g/mol. The van der Waals surface area contributed by atoms with Crippen molar-refractivity contribution in [2.75, 3.05) is 5.43 Å². The number of aryl methyl sites for hydroxylation is 1. The molecule has 0 aliphatic rings. The van der Waals surface area contributed by atoms with Crippen molar-refractivity contribution in [3.8, 4) is 0 Å². The van der Waals surface area contributed by atoms with E-state index in [0.717, 1.165) is 16.9 Å². The number of nitrogens with zero attached hydrogens (tertiary/aromatic N) is 1. The highest BCUT2D eigenvalue weighted by Crippen LogP contribution is 2.26. The molecule has 1 aromatic carbocycles. The minimum absolute atomic E-state index is 0.463. The second-order valence-electron chi connectivity index (χ2n) is 4.37. The Kier molecular flexibility index (Phi) is 2.79. The number of fused-ring (bicyclic) bond motifs is 1. The Morgan fingerprint density at radius 3 is 2.69 bits per heavy atom. The Labute approximate surface area is 95.7 Å². The van der Waals surface area contributed by atoms with Gasteiger partial charge in [-0.3, -0.25) is 0 Å². The first kappa shape index (κ1) is 10.9. The van der Waals surface area contributed by atoms with Crippen molar-refractivity contribution >= 4 is 16.7 Å². The summed E-state index contributed by atoms with van der Waals surface area (Å²) in [5.41, 5.74) is 6.00. The van der Waals surface area contributed by atoms with Crippen molar-refractivity contribution < 1.29 is 0 Å². The van der Waals surface area contributed by atoms with Crippen LogP contribution in [0.3, 0.4) is 0 Å². The maximum Gasteiger partial charge on any atom is 0.143 e. The maximum atomic E-state index is 5.46. The number of nitrogens with one attached hydrogen (secondary N) is 1. The highest BCUT2D eigenvalue weighted by Gasteiger charge is 2.08. The van der Waals surface area contributed by atoms with E-state index in [1.54, 1.807) is 0 Å². The second-order valence-corrected chi connectivity index (χ2v) is 4.37. The number of nitrogen functional groups attached to an aromatic ring is 1. The van der Waals surface area contributed by atoms with Gasteiger partial charge in [-0.2, -0.15) is 0 Å². The normalized spacial score (nSPS) is 11.1. The minimum Gasteiger partial charge on any atom is -0.308 e. The average Bonchev–Trinajstić information content (AvgIpc) is 2.26. The van der Waals surface area contributed by atoms with E-state index >= 15 is 0 Å². The van der Waals surface area contributed by atoms with Gasteiger partial charge in [-0.15, -0.1) is 0 Å². The molecular formula is C13H17N3. The summed E-state index contributed by atoms with van der Waals surface area (Å²) in [6.07, 6.45) is 0. The third kappa shape index (κ3) is 1.74. The number of hydrogen-bond acceptors (Lipinski definition) is 3. The van der Waals surface area contributed by atoms with Crippen LogP contribution in [0.1, 0.15) is 30.9 Å². The number of rotatable bonds is 2.